The second-order valence-corrected chi connectivity index (χ2v) is 2.40. The lowest BCUT2D eigenvalue weighted by atomic mass is 10.3. The van der Waals surface area contributed by atoms with Gasteiger partial charge in [-0.25, -0.2) is 4.79 Å². The van der Waals surface area contributed by atoms with Gasteiger partial charge in [-0.15, -0.1) is 0 Å². The van der Waals surface area contributed by atoms with Gasteiger partial charge >= 0.3 is 5.97 Å². The van der Waals surface area contributed by atoms with Crippen molar-refractivity contribution >= 4 is 5.97 Å². The summed E-state index contributed by atoms with van der Waals surface area (Å²) in [5.74, 6) is -0.612. The van der Waals surface area contributed by atoms with Crippen LogP contribution in [0.15, 0.2) is 0 Å². The molecular weight excluding hydrogens is 180 g/mol. The van der Waals surface area contributed by atoms with Crippen molar-refractivity contribution in [2.45, 2.75) is 18.9 Å². The van der Waals surface area contributed by atoms with E-state index < -0.39 is 18.7 Å². The van der Waals surface area contributed by atoms with Gasteiger partial charge in [-0.2, -0.15) is 4.89 Å². The average molecular weight is 194 g/mol. The summed E-state index contributed by atoms with van der Waals surface area (Å²) in [4.78, 5) is 19.2. The zero-order chi connectivity index (χ0) is 10.1. The fraction of sp³-hybridized carbons (Fsp3) is 0.857. The van der Waals surface area contributed by atoms with E-state index >= 15 is 0 Å². The highest BCUT2D eigenvalue weighted by Gasteiger charge is 2.06. The van der Waals surface area contributed by atoms with E-state index in [-0.39, 0.29) is 19.6 Å². The van der Waals surface area contributed by atoms with E-state index in [0.29, 0.717) is 6.42 Å². The predicted octanol–water partition coefficient (Wildman–Crippen LogP) is -1.41. The molecule has 13 heavy (non-hydrogen) atoms. The predicted molar refractivity (Wildman–Crippen MR) is 41.5 cm³/mol. The molecule has 0 amide bonds. The molecule has 0 aliphatic carbocycles. The molecule has 0 rings (SSSR count). The smallest absolute Gasteiger partial charge is 0.342 e. The van der Waals surface area contributed by atoms with E-state index in [1.807, 2.05) is 0 Å². The summed E-state index contributed by atoms with van der Waals surface area (Å²) in [6, 6.07) is 0. The summed E-state index contributed by atoms with van der Waals surface area (Å²) >= 11 is 0. The van der Waals surface area contributed by atoms with Crippen molar-refractivity contribution in [3.05, 3.63) is 0 Å². The van der Waals surface area contributed by atoms with E-state index in [1.54, 1.807) is 0 Å². The number of carbonyl (C=O) groups is 1. The van der Waals surface area contributed by atoms with E-state index in [1.165, 1.54) is 0 Å². The second-order valence-electron chi connectivity index (χ2n) is 2.40. The van der Waals surface area contributed by atoms with E-state index in [2.05, 4.69) is 9.78 Å². The van der Waals surface area contributed by atoms with Crippen LogP contribution in [-0.2, 0) is 14.6 Å². The maximum absolute atomic E-state index is 10.7. The van der Waals surface area contributed by atoms with Gasteiger partial charge in [-0.05, 0) is 6.42 Å². The SMILES string of the molecule is O=C(CCCO)OOCC(O)CO. The zero-order valence-electron chi connectivity index (χ0n) is 7.18. The average Bonchev–Trinajstić information content (AvgIpc) is 2.14. The summed E-state index contributed by atoms with van der Waals surface area (Å²) in [6.45, 7) is -0.802. The van der Waals surface area contributed by atoms with Crippen LogP contribution in [0, 0.1) is 0 Å². The molecule has 6 heteroatoms. The number of rotatable bonds is 7. The molecule has 78 valence electrons. The van der Waals surface area contributed by atoms with Gasteiger partial charge in [0.05, 0.1) is 13.0 Å². The molecule has 0 saturated heterocycles. The molecule has 3 N–H and O–H groups in total. The first-order valence-corrected chi connectivity index (χ1v) is 3.92. The van der Waals surface area contributed by atoms with Crippen LogP contribution < -0.4 is 0 Å². The Hall–Kier alpha value is -0.690. The van der Waals surface area contributed by atoms with E-state index in [9.17, 15) is 4.79 Å². The molecule has 1 unspecified atom stereocenters. The van der Waals surface area contributed by atoms with Gasteiger partial charge in [-0.3, -0.25) is 4.89 Å². The lowest BCUT2D eigenvalue weighted by Gasteiger charge is -2.06. The molecule has 1 atom stereocenters. The number of carbonyl (C=O) groups excluding carboxylic acids is 1. The third-order valence-corrected chi connectivity index (χ3v) is 1.16. The maximum Gasteiger partial charge on any atom is 0.342 e. The van der Waals surface area contributed by atoms with Crippen molar-refractivity contribution in [3.8, 4) is 0 Å². The summed E-state index contributed by atoms with van der Waals surface area (Å²) in [7, 11) is 0. The Morgan fingerprint density at radius 3 is 2.62 bits per heavy atom. The van der Waals surface area contributed by atoms with Crippen molar-refractivity contribution in [1.82, 2.24) is 0 Å². The second kappa shape index (κ2) is 7.93. The van der Waals surface area contributed by atoms with Gasteiger partial charge in [0.1, 0.15) is 12.7 Å². The van der Waals surface area contributed by atoms with Crippen molar-refractivity contribution in [2.24, 2.45) is 0 Å². The third kappa shape index (κ3) is 7.66. The molecule has 0 saturated carbocycles. The molecule has 0 aromatic heterocycles. The van der Waals surface area contributed by atoms with Crippen molar-refractivity contribution in [3.63, 3.8) is 0 Å². The highest BCUT2D eigenvalue weighted by atomic mass is 17.2. The van der Waals surface area contributed by atoms with Crippen molar-refractivity contribution < 1.29 is 29.9 Å². The summed E-state index contributed by atoms with van der Waals surface area (Å²) in [5.41, 5.74) is 0. The Morgan fingerprint density at radius 2 is 2.08 bits per heavy atom. The monoisotopic (exact) mass is 194 g/mol. The number of aliphatic hydroxyl groups excluding tert-OH is 3. The standard InChI is InChI=1S/C7H14O6/c8-3-1-2-7(11)13-12-5-6(10)4-9/h6,8-10H,1-5H2. The molecule has 0 heterocycles. The highest BCUT2D eigenvalue weighted by Crippen LogP contribution is 1.93. The van der Waals surface area contributed by atoms with Crippen LogP contribution in [0.3, 0.4) is 0 Å². The molecule has 0 aromatic carbocycles. The maximum atomic E-state index is 10.7. The molecule has 0 aliphatic heterocycles. The van der Waals surface area contributed by atoms with Crippen LogP contribution in [0.5, 0.6) is 0 Å². The van der Waals surface area contributed by atoms with Gasteiger partial charge in [-0.1, -0.05) is 0 Å². The normalized spacial score (nSPS) is 12.5. The van der Waals surface area contributed by atoms with Gasteiger partial charge in [0.15, 0.2) is 0 Å². The number of hydrogen-bond donors (Lipinski definition) is 3. The Labute approximate surface area is 75.6 Å². The molecule has 0 spiro atoms. The van der Waals surface area contributed by atoms with E-state index in [0.717, 1.165) is 0 Å². The molecular formula is C7H14O6. The van der Waals surface area contributed by atoms with Crippen molar-refractivity contribution in [1.29, 1.82) is 0 Å². The van der Waals surface area contributed by atoms with Crippen LogP contribution >= 0.6 is 0 Å². The zero-order valence-corrected chi connectivity index (χ0v) is 7.18. The molecule has 0 bridgehead atoms. The van der Waals surface area contributed by atoms with Crippen LogP contribution in [0.4, 0.5) is 0 Å². The highest BCUT2D eigenvalue weighted by molar-refractivity contribution is 5.68. The van der Waals surface area contributed by atoms with Gasteiger partial charge < -0.3 is 15.3 Å². The van der Waals surface area contributed by atoms with Crippen LogP contribution in [0.1, 0.15) is 12.8 Å². The van der Waals surface area contributed by atoms with Crippen LogP contribution in [-0.4, -0.2) is 47.2 Å². The molecule has 0 radical (unpaired) electrons. The first kappa shape index (κ1) is 12.3. The first-order chi connectivity index (χ1) is 6.20. The molecule has 0 aromatic rings. The van der Waals surface area contributed by atoms with Gasteiger partial charge in [0, 0.05) is 6.61 Å². The summed E-state index contributed by atoms with van der Waals surface area (Å²) in [5, 5.41) is 25.4. The summed E-state index contributed by atoms with van der Waals surface area (Å²) in [6.07, 6.45) is -0.679. The minimum absolute atomic E-state index is 0.0612. The van der Waals surface area contributed by atoms with Crippen LogP contribution in [0.2, 0.25) is 0 Å². The largest absolute Gasteiger partial charge is 0.396 e. The topological polar surface area (TPSA) is 96.2 Å². The minimum Gasteiger partial charge on any atom is -0.396 e. The van der Waals surface area contributed by atoms with Crippen LogP contribution in [0.25, 0.3) is 0 Å². The molecule has 0 aliphatic rings. The fourth-order valence-electron chi connectivity index (χ4n) is 0.496. The Morgan fingerprint density at radius 1 is 1.38 bits per heavy atom. The number of aliphatic hydroxyl groups is 3. The third-order valence-electron chi connectivity index (χ3n) is 1.16. The Bertz CT molecular complexity index is 137. The summed E-state index contributed by atoms with van der Waals surface area (Å²) < 4.78 is 0. The molecule has 0 fully saturated rings. The van der Waals surface area contributed by atoms with E-state index in [4.69, 9.17) is 15.3 Å². The first-order valence-electron chi connectivity index (χ1n) is 3.92. The van der Waals surface area contributed by atoms with Gasteiger partial charge in [0.25, 0.3) is 0 Å². The van der Waals surface area contributed by atoms with Crippen molar-refractivity contribution in [2.75, 3.05) is 19.8 Å². The lowest BCUT2D eigenvalue weighted by Crippen LogP contribution is -2.20. The Kier molecular flexibility index (Phi) is 7.51. The Balaban J connectivity index is 3.26. The van der Waals surface area contributed by atoms with Gasteiger partial charge in [0.2, 0.25) is 0 Å². The fourth-order valence-corrected chi connectivity index (χ4v) is 0.496. The lowest BCUT2D eigenvalue weighted by molar-refractivity contribution is -0.283. The quantitative estimate of drug-likeness (QED) is 0.340. The number of hydrogen-bond acceptors (Lipinski definition) is 6. The minimum atomic E-state index is -1.05. The molecule has 6 nitrogen and oxygen atoms in total.